The van der Waals surface area contributed by atoms with Gasteiger partial charge in [-0.25, -0.2) is 0 Å². The Morgan fingerprint density at radius 1 is 1.60 bits per heavy atom. The third-order valence-corrected chi connectivity index (χ3v) is 1.41. The van der Waals surface area contributed by atoms with Gasteiger partial charge in [-0.05, 0) is 20.3 Å². The van der Waals surface area contributed by atoms with E-state index >= 15 is 0 Å². The smallest absolute Gasteiger partial charge is 0.236 e. The summed E-state index contributed by atoms with van der Waals surface area (Å²) < 4.78 is 0. The number of amides is 1. The molecule has 0 radical (unpaired) electrons. The van der Waals surface area contributed by atoms with Crippen LogP contribution in [-0.4, -0.2) is 18.0 Å². The van der Waals surface area contributed by atoms with Gasteiger partial charge in [0.25, 0.3) is 0 Å². The van der Waals surface area contributed by atoms with Crippen molar-refractivity contribution < 1.29 is 4.79 Å². The topological polar surface area (TPSA) is 55.1 Å². The molecule has 0 aromatic heterocycles. The number of nitrogens with two attached hydrogens (primary N) is 1. The Morgan fingerprint density at radius 3 is 2.40 bits per heavy atom. The summed E-state index contributed by atoms with van der Waals surface area (Å²) in [4.78, 5) is 10.9. The minimum atomic E-state index is -0.394. The Morgan fingerprint density at radius 2 is 2.10 bits per heavy atom. The van der Waals surface area contributed by atoms with Crippen molar-refractivity contribution in [1.29, 1.82) is 0 Å². The maximum atomic E-state index is 10.9. The summed E-state index contributed by atoms with van der Waals surface area (Å²) in [6, 6.07) is -0.160. The van der Waals surface area contributed by atoms with Gasteiger partial charge in [-0.1, -0.05) is 6.92 Å². The Bertz CT molecular complexity index is 112. The molecule has 0 fully saturated rings. The predicted octanol–water partition coefficient (Wildman–Crippen LogP) is 0.248. The average molecular weight is 144 g/mol. The molecule has 3 heteroatoms. The van der Waals surface area contributed by atoms with Crippen LogP contribution in [-0.2, 0) is 4.79 Å². The van der Waals surface area contributed by atoms with E-state index in [1.165, 1.54) is 0 Å². The molecule has 0 bridgehead atoms. The van der Waals surface area contributed by atoms with Crippen molar-refractivity contribution in [3.8, 4) is 0 Å². The van der Waals surface area contributed by atoms with Crippen LogP contribution in [0.1, 0.15) is 27.2 Å². The zero-order chi connectivity index (χ0) is 8.15. The maximum Gasteiger partial charge on any atom is 0.236 e. The highest BCUT2D eigenvalue weighted by molar-refractivity contribution is 5.81. The van der Waals surface area contributed by atoms with Gasteiger partial charge in [0.05, 0.1) is 6.04 Å². The lowest BCUT2D eigenvalue weighted by molar-refractivity contribution is -0.122. The van der Waals surface area contributed by atoms with Crippen LogP contribution in [0.15, 0.2) is 0 Å². The molecule has 0 unspecified atom stereocenters. The molecule has 3 N–H and O–H groups in total. The minimum Gasteiger partial charge on any atom is -0.352 e. The molecule has 2 atom stereocenters. The second kappa shape index (κ2) is 4.28. The highest BCUT2D eigenvalue weighted by atomic mass is 16.2. The van der Waals surface area contributed by atoms with Gasteiger partial charge in [0.15, 0.2) is 0 Å². The van der Waals surface area contributed by atoms with Gasteiger partial charge >= 0.3 is 0 Å². The first-order valence-electron chi connectivity index (χ1n) is 3.63. The largest absolute Gasteiger partial charge is 0.352 e. The van der Waals surface area contributed by atoms with E-state index in [4.69, 9.17) is 5.73 Å². The third-order valence-electron chi connectivity index (χ3n) is 1.41. The Kier molecular flexibility index (Phi) is 4.03. The van der Waals surface area contributed by atoms with Crippen LogP contribution >= 0.6 is 0 Å². The van der Waals surface area contributed by atoms with E-state index in [0.29, 0.717) is 0 Å². The summed E-state index contributed by atoms with van der Waals surface area (Å²) in [6.45, 7) is 5.66. The summed E-state index contributed by atoms with van der Waals surface area (Å²) in [7, 11) is 0. The van der Waals surface area contributed by atoms with E-state index in [1.54, 1.807) is 6.92 Å². The lowest BCUT2D eigenvalue weighted by Gasteiger charge is -2.12. The predicted molar refractivity (Wildman–Crippen MR) is 41.5 cm³/mol. The summed E-state index contributed by atoms with van der Waals surface area (Å²) >= 11 is 0. The van der Waals surface area contributed by atoms with Crippen LogP contribution < -0.4 is 11.1 Å². The number of carbonyl (C=O) groups excluding carboxylic acids is 1. The zero-order valence-corrected chi connectivity index (χ0v) is 6.85. The molecule has 0 rings (SSSR count). The van der Waals surface area contributed by atoms with E-state index < -0.39 is 6.04 Å². The van der Waals surface area contributed by atoms with Crippen molar-refractivity contribution in [2.45, 2.75) is 39.3 Å². The van der Waals surface area contributed by atoms with Gasteiger partial charge in [-0.3, -0.25) is 4.79 Å². The van der Waals surface area contributed by atoms with Gasteiger partial charge < -0.3 is 11.1 Å². The van der Waals surface area contributed by atoms with Crippen LogP contribution in [0.2, 0.25) is 0 Å². The second-order valence-corrected chi connectivity index (χ2v) is 2.61. The average Bonchev–Trinajstić information content (AvgIpc) is 1.87. The molecular formula is C7H16N2O. The molecule has 10 heavy (non-hydrogen) atoms. The van der Waals surface area contributed by atoms with Crippen molar-refractivity contribution in [2.75, 3.05) is 0 Å². The number of nitrogens with one attached hydrogen (secondary N) is 1. The Labute approximate surface area is 62.0 Å². The van der Waals surface area contributed by atoms with Crippen LogP contribution in [0.5, 0.6) is 0 Å². The molecule has 60 valence electrons. The molecule has 0 aromatic carbocycles. The van der Waals surface area contributed by atoms with Gasteiger partial charge in [0, 0.05) is 6.04 Å². The molecule has 0 saturated heterocycles. The second-order valence-electron chi connectivity index (χ2n) is 2.61. The fourth-order valence-corrected chi connectivity index (χ4v) is 0.476. The van der Waals surface area contributed by atoms with Crippen molar-refractivity contribution in [3.05, 3.63) is 0 Å². The standard InChI is InChI=1S/C7H16N2O/c1-4-5(2)9-7(10)6(3)8/h5-6H,4,8H2,1-3H3,(H,9,10)/t5-,6+/m0/s1. The SMILES string of the molecule is CC[C@H](C)NC(=O)[C@@H](C)N. The molecule has 0 heterocycles. The minimum absolute atomic E-state index is 0.0747. The molecule has 0 spiro atoms. The van der Waals surface area contributed by atoms with Crippen molar-refractivity contribution in [2.24, 2.45) is 5.73 Å². The van der Waals surface area contributed by atoms with Crippen LogP contribution in [0.3, 0.4) is 0 Å². The molecule has 1 amide bonds. The summed E-state index contributed by atoms with van der Waals surface area (Å²) in [5.74, 6) is -0.0747. The number of hydrogen-bond donors (Lipinski definition) is 2. The fourth-order valence-electron chi connectivity index (χ4n) is 0.476. The summed E-state index contributed by atoms with van der Waals surface area (Å²) in [6.07, 6.45) is 0.943. The Hall–Kier alpha value is -0.570. The first kappa shape index (κ1) is 9.43. The molecule has 3 nitrogen and oxygen atoms in total. The summed E-state index contributed by atoms with van der Waals surface area (Å²) in [5.41, 5.74) is 5.33. The lowest BCUT2D eigenvalue weighted by Crippen LogP contribution is -2.42. The van der Waals surface area contributed by atoms with Crippen molar-refractivity contribution >= 4 is 5.91 Å². The van der Waals surface area contributed by atoms with E-state index in [9.17, 15) is 4.79 Å². The molecule has 0 aliphatic rings. The van der Waals surface area contributed by atoms with Gasteiger partial charge in [0.1, 0.15) is 0 Å². The van der Waals surface area contributed by atoms with Crippen LogP contribution in [0, 0.1) is 0 Å². The zero-order valence-electron chi connectivity index (χ0n) is 6.85. The number of carbonyl (C=O) groups is 1. The van der Waals surface area contributed by atoms with E-state index in [-0.39, 0.29) is 11.9 Å². The van der Waals surface area contributed by atoms with Crippen molar-refractivity contribution in [3.63, 3.8) is 0 Å². The molecular weight excluding hydrogens is 128 g/mol. The molecule has 0 aliphatic heterocycles. The van der Waals surface area contributed by atoms with Crippen molar-refractivity contribution in [1.82, 2.24) is 5.32 Å². The fraction of sp³-hybridized carbons (Fsp3) is 0.857. The molecule has 0 aromatic rings. The van der Waals surface area contributed by atoms with E-state index in [0.717, 1.165) is 6.42 Å². The normalized spacial score (nSPS) is 16.0. The summed E-state index contributed by atoms with van der Waals surface area (Å²) in [5, 5.41) is 2.77. The first-order valence-corrected chi connectivity index (χ1v) is 3.63. The first-order chi connectivity index (χ1) is 4.57. The van der Waals surface area contributed by atoms with Crippen LogP contribution in [0.25, 0.3) is 0 Å². The van der Waals surface area contributed by atoms with E-state index in [1.807, 2.05) is 13.8 Å². The highest BCUT2D eigenvalue weighted by Gasteiger charge is 2.08. The van der Waals surface area contributed by atoms with E-state index in [2.05, 4.69) is 5.32 Å². The molecule has 0 saturated carbocycles. The third kappa shape index (κ3) is 3.45. The van der Waals surface area contributed by atoms with Gasteiger partial charge in [-0.15, -0.1) is 0 Å². The quantitative estimate of drug-likeness (QED) is 0.596. The van der Waals surface area contributed by atoms with Gasteiger partial charge in [-0.2, -0.15) is 0 Å². The monoisotopic (exact) mass is 144 g/mol. The maximum absolute atomic E-state index is 10.9. The number of hydrogen-bond acceptors (Lipinski definition) is 2. The van der Waals surface area contributed by atoms with Gasteiger partial charge in [0.2, 0.25) is 5.91 Å². The van der Waals surface area contributed by atoms with Crippen LogP contribution in [0.4, 0.5) is 0 Å². The molecule has 0 aliphatic carbocycles. The number of rotatable bonds is 3. The lowest BCUT2D eigenvalue weighted by atomic mass is 10.2. The Balaban J connectivity index is 3.57. The highest BCUT2D eigenvalue weighted by Crippen LogP contribution is 1.87.